The maximum Gasteiger partial charge on any atom is 0.248 e. The fourth-order valence-corrected chi connectivity index (χ4v) is 2.16. The first-order valence-corrected chi connectivity index (χ1v) is 6.38. The number of ether oxygens (including phenoxy) is 1. The van der Waals surface area contributed by atoms with Gasteiger partial charge in [0.2, 0.25) is 11.8 Å². The summed E-state index contributed by atoms with van der Waals surface area (Å²) in [6, 6.07) is 6.48. The molecule has 6 heteroatoms. The molecule has 1 aliphatic rings. The molecule has 0 aromatic heterocycles. The summed E-state index contributed by atoms with van der Waals surface area (Å²) in [5.41, 5.74) is 1.34. The first-order valence-electron chi connectivity index (χ1n) is 6.38. The van der Waals surface area contributed by atoms with E-state index in [1.807, 2.05) is 0 Å². The number of aliphatic hydroxyl groups is 1. The van der Waals surface area contributed by atoms with Crippen LogP contribution in [0.15, 0.2) is 24.3 Å². The van der Waals surface area contributed by atoms with Gasteiger partial charge in [-0.05, 0) is 17.7 Å². The zero-order chi connectivity index (χ0) is 14.7. The smallest absolute Gasteiger partial charge is 0.248 e. The number of hydrogen-bond acceptors (Lipinski definition) is 4. The number of morpholine rings is 1. The minimum absolute atomic E-state index is 0.0567. The molecule has 1 heterocycles. The Hall–Kier alpha value is -1.92. The lowest BCUT2D eigenvalue weighted by molar-refractivity contribution is -0.151. The van der Waals surface area contributed by atoms with Crippen LogP contribution in [0.1, 0.15) is 18.6 Å². The quantitative estimate of drug-likeness (QED) is 0.845. The van der Waals surface area contributed by atoms with E-state index < -0.39 is 12.1 Å². The van der Waals surface area contributed by atoms with Crippen molar-refractivity contribution in [1.29, 1.82) is 0 Å². The summed E-state index contributed by atoms with van der Waals surface area (Å²) in [6.07, 6.45) is -0.823. The molecule has 0 saturated carbocycles. The van der Waals surface area contributed by atoms with Crippen LogP contribution in [0.3, 0.4) is 0 Å². The van der Waals surface area contributed by atoms with Gasteiger partial charge in [0.05, 0.1) is 12.6 Å². The van der Waals surface area contributed by atoms with Crippen molar-refractivity contribution in [3.63, 3.8) is 0 Å². The van der Waals surface area contributed by atoms with Crippen LogP contribution in [0.2, 0.25) is 0 Å². The molecule has 2 amide bonds. The normalized spacial score (nSPS) is 20.6. The molecule has 2 N–H and O–H groups in total. The number of anilines is 1. The van der Waals surface area contributed by atoms with Crippen LogP contribution in [0.25, 0.3) is 0 Å². The van der Waals surface area contributed by atoms with Crippen molar-refractivity contribution in [2.45, 2.75) is 19.1 Å². The average molecular weight is 278 g/mol. The van der Waals surface area contributed by atoms with Gasteiger partial charge in [-0.2, -0.15) is 0 Å². The molecular weight excluding hydrogens is 260 g/mol. The van der Waals surface area contributed by atoms with E-state index in [0.717, 1.165) is 0 Å². The fourth-order valence-electron chi connectivity index (χ4n) is 2.16. The van der Waals surface area contributed by atoms with Gasteiger partial charge in [0.25, 0.3) is 0 Å². The van der Waals surface area contributed by atoms with E-state index in [1.165, 1.54) is 11.8 Å². The summed E-state index contributed by atoms with van der Waals surface area (Å²) in [6.45, 7) is 1.79. The monoisotopic (exact) mass is 278 g/mol. The average Bonchev–Trinajstić information content (AvgIpc) is 2.41. The third-order valence-corrected chi connectivity index (χ3v) is 3.34. The van der Waals surface area contributed by atoms with Gasteiger partial charge in [-0.1, -0.05) is 12.1 Å². The molecule has 0 aliphatic carbocycles. The Balaban J connectivity index is 2.10. The Kier molecular flexibility index (Phi) is 4.36. The highest BCUT2D eigenvalue weighted by Crippen LogP contribution is 2.24. The second-order valence-electron chi connectivity index (χ2n) is 4.84. The van der Waals surface area contributed by atoms with E-state index >= 15 is 0 Å². The molecule has 1 aromatic rings. The zero-order valence-corrected chi connectivity index (χ0v) is 11.5. The molecule has 108 valence electrons. The van der Waals surface area contributed by atoms with Gasteiger partial charge in [-0.3, -0.25) is 9.59 Å². The van der Waals surface area contributed by atoms with Crippen LogP contribution in [0.4, 0.5) is 5.69 Å². The maximum atomic E-state index is 11.6. The lowest BCUT2D eigenvalue weighted by Gasteiger charge is -2.35. The van der Waals surface area contributed by atoms with Crippen molar-refractivity contribution in [2.24, 2.45) is 0 Å². The first-order chi connectivity index (χ1) is 9.49. The number of carbonyl (C=O) groups is 2. The largest absolute Gasteiger partial charge is 0.386 e. The molecule has 1 aromatic carbocycles. The second kappa shape index (κ2) is 6.02. The van der Waals surface area contributed by atoms with Crippen LogP contribution in [-0.2, 0) is 14.3 Å². The lowest BCUT2D eigenvalue weighted by Crippen LogP contribution is -2.49. The molecular formula is C14H18N2O4. The first kappa shape index (κ1) is 14.5. The third kappa shape index (κ3) is 3.15. The summed E-state index contributed by atoms with van der Waals surface area (Å²) in [5, 5.41) is 13.0. The molecule has 0 radical (unpaired) electrons. The van der Waals surface area contributed by atoms with Crippen molar-refractivity contribution in [3.8, 4) is 0 Å². The number of hydrogen-bond donors (Lipinski definition) is 2. The minimum Gasteiger partial charge on any atom is -0.386 e. The molecule has 6 nitrogen and oxygen atoms in total. The number of rotatable bonds is 3. The van der Waals surface area contributed by atoms with Gasteiger partial charge < -0.3 is 20.1 Å². The van der Waals surface area contributed by atoms with Gasteiger partial charge in [0.15, 0.2) is 0 Å². The molecule has 20 heavy (non-hydrogen) atoms. The molecule has 2 rings (SSSR count). The van der Waals surface area contributed by atoms with Gasteiger partial charge in [0, 0.05) is 19.7 Å². The van der Waals surface area contributed by atoms with Crippen LogP contribution < -0.4 is 5.32 Å². The highest BCUT2D eigenvalue weighted by atomic mass is 16.5. The molecule has 2 atom stereocenters. The zero-order valence-electron chi connectivity index (χ0n) is 11.5. The summed E-state index contributed by atoms with van der Waals surface area (Å²) in [7, 11) is 1.66. The van der Waals surface area contributed by atoms with E-state index in [1.54, 1.807) is 31.3 Å². The number of nitrogens with one attached hydrogen (secondary N) is 1. The van der Waals surface area contributed by atoms with Crippen LogP contribution in [0.5, 0.6) is 0 Å². The summed E-state index contributed by atoms with van der Waals surface area (Å²) in [4.78, 5) is 24.0. The molecule has 2 unspecified atom stereocenters. The van der Waals surface area contributed by atoms with Crippen LogP contribution >= 0.6 is 0 Å². The van der Waals surface area contributed by atoms with Gasteiger partial charge in [-0.25, -0.2) is 0 Å². The molecule has 0 bridgehead atoms. The number of nitrogens with zero attached hydrogens (tertiary/aromatic N) is 1. The minimum atomic E-state index is -0.823. The van der Waals surface area contributed by atoms with E-state index in [0.29, 0.717) is 17.9 Å². The second-order valence-corrected chi connectivity index (χ2v) is 4.84. The Morgan fingerprint density at radius 3 is 2.70 bits per heavy atom. The fraction of sp³-hybridized carbons (Fsp3) is 0.429. The predicted molar refractivity (Wildman–Crippen MR) is 73.1 cm³/mol. The summed E-state index contributed by atoms with van der Waals surface area (Å²) < 4.78 is 5.18. The number of aliphatic hydroxyl groups excluding tert-OH is 1. The van der Waals surface area contributed by atoms with Gasteiger partial charge in [0.1, 0.15) is 12.7 Å². The number of amides is 2. The predicted octanol–water partition coefficient (Wildman–Crippen LogP) is 0.536. The van der Waals surface area contributed by atoms with Crippen molar-refractivity contribution in [2.75, 3.05) is 25.6 Å². The Morgan fingerprint density at radius 1 is 1.45 bits per heavy atom. The van der Waals surface area contributed by atoms with Crippen LogP contribution in [-0.4, -0.2) is 48.1 Å². The molecule has 1 fully saturated rings. The SMILES string of the molecule is CC(=O)Nc1ccc(C(O)C2COCC(=O)N2C)cc1. The summed E-state index contributed by atoms with van der Waals surface area (Å²) in [5.74, 6) is -0.292. The number of likely N-dealkylation sites (N-methyl/N-ethyl adjacent to an activating group) is 1. The van der Waals surface area contributed by atoms with Crippen molar-refractivity contribution < 1.29 is 19.4 Å². The Bertz CT molecular complexity index is 500. The molecule has 0 spiro atoms. The lowest BCUT2D eigenvalue weighted by atomic mass is 10.0. The van der Waals surface area contributed by atoms with E-state index in [9.17, 15) is 14.7 Å². The standard InChI is InChI=1S/C14H18N2O4/c1-9(17)15-11-5-3-10(4-6-11)14(19)12-7-20-8-13(18)16(12)2/h3-6,12,14,19H,7-8H2,1-2H3,(H,15,17). The topological polar surface area (TPSA) is 78.9 Å². The molecule has 1 saturated heterocycles. The van der Waals surface area contributed by atoms with Gasteiger partial charge in [-0.15, -0.1) is 0 Å². The highest BCUT2D eigenvalue weighted by molar-refractivity contribution is 5.88. The van der Waals surface area contributed by atoms with Crippen molar-refractivity contribution in [1.82, 2.24) is 4.90 Å². The number of carbonyl (C=O) groups excluding carboxylic acids is 2. The summed E-state index contributed by atoms with van der Waals surface area (Å²) >= 11 is 0. The van der Waals surface area contributed by atoms with E-state index in [2.05, 4.69) is 5.32 Å². The van der Waals surface area contributed by atoms with Crippen molar-refractivity contribution in [3.05, 3.63) is 29.8 Å². The Morgan fingerprint density at radius 2 is 2.10 bits per heavy atom. The van der Waals surface area contributed by atoms with Gasteiger partial charge >= 0.3 is 0 Å². The van der Waals surface area contributed by atoms with E-state index in [4.69, 9.17) is 4.74 Å². The highest BCUT2D eigenvalue weighted by Gasteiger charge is 2.31. The van der Waals surface area contributed by atoms with Crippen LogP contribution in [0, 0.1) is 0 Å². The van der Waals surface area contributed by atoms with E-state index in [-0.39, 0.29) is 18.4 Å². The molecule has 1 aliphatic heterocycles. The van der Waals surface area contributed by atoms with Crippen molar-refractivity contribution >= 4 is 17.5 Å². The third-order valence-electron chi connectivity index (χ3n) is 3.34. The number of benzene rings is 1. The maximum absolute atomic E-state index is 11.6. The Labute approximate surface area is 117 Å².